The molecule has 1 atom stereocenters. The number of hydrogen-bond donors (Lipinski definition) is 1. The van der Waals surface area contributed by atoms with Crippen LogP contribution in [0.25, 0.3) is 0 Å². The van der Waals surface area contributed by atoms with Crippen LogP contribution in [0.15, 0.2) is 30.3 Å². The minimum Gasteiger partial charge on any atom is -0.472 e. The van der Waals surface area contributed by atoms with Gasteiger partial charge in [0.05, 0.1) is 18.8 Å². The van der Waals surface area contributed by atoms with E-state index < -0.39 is 0 Å². The van der Waals surface area contributed by atoms with Gasteiger partial charge in [0, 0.05) is 13.2 Å². The molecule has 116 valence electrons. The summed E-state index contributed by atoms with van der Waals surface area (Å²) in [5.74, 6) is 0.117. The fraction of sp³-hybridized carbons (Fsp3) is 0.312. The molecule has 2 N–H and O–H groups in total. The van der Waals surface area contributed by atoms with E-state index in [9.17, 15) is 9.65 Å². The van der Waals surface area contributed by atoms with E-state index in [0.29, 0.717) is 30.4 Å². The van der Waals surface area contributed by atoms with Crippen LogP contribution in [0.1, 0.15) is 18.2 Å². The largest absolute Gasteiger partial charge is 0.472 e. The lowest BCUT2D eigenvalue weighted by Crippen LogP contribution is -2.20. The number of anilines is 1. The Morgan fingerprint density at radius 1 is 1.36 bits per heavy atom. The summed E-state index contributed by atoms with van der Waals surface area (Å²) >= 11 is 0. The van der Waals surface area contributed by atoms with Crippen molar-refractivity contribution in [2.45, 2.75) is 19.6 Å². The number of nitrogens with two attached hydrogens (primary N) is 1. The Bertz CT molecular complexity index is 674. The van der Waals surface area contributed by atoms with Crippen LogP contribution in [0.4, 0.5) is 10.1 Å². The topological polar surface area (TPSA) is 73.2 Å². The number of halogens is 1. The molecule has 0 spiro atoms. The van der Waals surface area contributed by atoms with Crippen molar-refractivity contribution in [3.05, 3.63) is 47.4 Å². The Labute approximate surface area is 128 Å². The van der Waals surface area contributed by atoms with Crippen LogP contribution in [0.3, 0.4) is 0 Å². The summed E-state index contributed by atoms with van der Waals surface area (Å²) in [4.78, 5) is 0. The summed E-state index contributed by atoms with van der Waals surface area (Å²) in [6, 6.07) is 9.74. The van der Waals surface area contributed by atoms with Gasteiger partial charge in [-0.15, -0.1) is 0 Å². The molecule has 0 aliphatic rings. The number of nitrogen functional groups attached to an aromatic ring is 1. The first-order valence-corrected chi connectivity index (χ1v) is 6.84. The number of benzene rings is 1. The Morgan fingerprint density at radius 2 is 2.05 bits per heavy atom. The van der Waals surface area contributed by atoms with Gasteiger partial charge in [0.2, 0.25) is 5.88 Å². The minimum atomic E-state index is -0.304. The van der Waals surface area contributed by atoms with Crippen LogP contribution in [0, 0.1) is 17.1 Å². The predicted molar refractivity (Wildman–Crippen MR) is 81.0 cm³/mol. The van der Waals surface area contributed by atoms with Crippen molar-refractivity contribution in [2.75, 3.05) is 19.5 Å². The molecule has 2 rings (SSSR count). The van der Waals surface area contributed by atoms with E-state index in [1.165, 1.54) is 12.1 Å². The first kappa shape index (κ1) is 15.9. The zero-order valence-electron chi connectivity index (χ0n) is 12.5. The van der Waals surface area contributed by atoms with Crippen LogP contribution in [0.5, 0.6) is 5.88 Å². The third-order valence-corrected chi connectivity index (χ3v) is 3.16. The van der Waals surface area contributed by atoms with E-state index in [0.717, 1.165) is 5.56 Å². The summed E-state index contributed by atoms with van der Waals surface area (Å²) in [6.45, 7) is 2.63. The molecule has 0 radical (unpaired) electrons. The molecule has 2 aromatic rings. The lowest BCUT2D eigenvalue weighted by atomic mass is 10.2. The first-order valence-electron chi connectivity index (χ1n) is 6.84. The normalized spacial score (nSPS) is 11.9. The lowest BCUT2D eigenvalue weighted by Gasteiger charge is -2.17. The Hall–Kier alpha value is -2.52. The van der Waals surface area contributed by atoms with Gasteiger partial charge in [-0.05, 0) is 24.6 Å². The third kappa shape index (κ3) is 3.57. The smallest absolute Gasteiger partial charge is 0.219 e. The fourth-order valence-corrected chi connectivity index (χ4v) is 2.17. The molecule has 1 aromatic carbocycles. The van der Waals surface area contributed by atoms with Crippen LogP contribution < -0.4 is 10.5 Å². The molecule has 6 heteroatoms. The minimum absolute atomic E-state index is 0.208. The van der Waals surface area contributed by atoms with Gasteiger partial charge in [-0.2, -0.15) is 5.26 Å². The summed E-state index contributed by atoms with van der Waals surface area (Å²) in [5.41, 5.74) is 7.57. The van der Waals surface area contributed by atoms with Crippen LogP contribution in [0.2, 0.25) is 0 Å². The molecule has 1 heterocycles. The molecule has 0 saturated heterocycles. The molecular formula is C16H18FN3O2. The molecule has 0 saturated carbocycles. The van der Waals surface area contributed by atoms with Crippen molar-refractivity contribution in [3.8, 4) is 11.9 Å². The number of nitriles is 1. The van der Waals surface area contributed by atoms with Crippen molar-refractivity contribution in [1.82, 2.24) is 4.57 Å². The van der Waals surface area contributed by atoms with E-state index >= 15 is 0 Å². The number of nitrogens with zero attached hydrogens (tertiary/aromatic N) is 2. The van der Waals surface area contributed by atoms with E-state index in [2.05, 4.69) is 6.07 Å². The second-order valence-corrected chi connectivity index (χ2v) is 5.00. The van der Waals surface area contributed by atoms with Gasteiger partial charge in [-0.25, -0.2) is 4.39 Å². The number of ether oxygens (including phenoxy) is 2. The summed E-state index contributed by atoms with van der Waals surface area (Å²) in [7, 11) is 1.58. The highest BCUT2D eigenvalue weighted by Crippen LogP contribution is 2.28. The maximum Gasteiger partial charge on any atom is 0.219 e. The fourth-order valence-electron chi connectivity index (χ4n) is 2.17. The first-order chi connectivity index (χ1) is 10.5. The van der Waals surface area contributed by atoms with Crippen LogP contribution >= 0.6 is 0 Å². The van der Waals surface area contributed by atoms with Gasteiger partial charge in [-0.3, -0.25) is 4.57 Å². The number of aromatic nitrogens is 1. The second kappa shape index (κ2) is 6.96. The third-order valence-electron chi connectivity index (χ3n) is 3.16. The number of rotatable bonds is 6. The van der Waals surface area contributed by atoms with Gasteiger partial charge in [0.15, 0.2) is 0 Å². The molecule has 22 heavy (non-hydrogen) atoms. The molecule has 0 aliphatic heterocycles. The highest BCUT2D eigenvalue weighted by molar-refractivity contribution is 5.55. The van der Waals surface area contributed by atoms with E-state index in [1.807, 2.05) is 6.92 Å². The van der Waals surface area contributed by atoms with Gasteiger partial charge < -0.3 is 15.2 Å². The van der Waals surface area contributed by atoms with Gasteiger partial charge in [-0.1, -0.05) is 12.1 Å². The standard InChI is InChI=1S/C16H18FN3O2/c1-11(10-21-2)22-16-15(19)7-14(8-18)20(16)9-12-3-5-13(17)6-4-12/h3-7,11H,9-10,19H2,1-2H3/t11-/m1/s1. The van der Waals surface area contributed by atoms with E-state index in [-0.39, 0.29) is 11.9 Å². The van der Waals surface area contributed by atoms with Gasteiger partial charge in [0.1, 0.15) is 23.7 Å². The maximum atomic E-state index is 13.0. The Kier molecular flexibility index (Phi) is 5.02. The highest BCUT2D eigenvalue weighted by atomic mass is 19.1. The molecule has 0 bridgehead atoms. The molecule has 0 amide bonds. The van der Waals surface area contributed by atoms with Crippen molar-refractivity contribution in [1.29, 1.82) is 5.26 Å². The van der Waals surface area contributed by atoms with Crippen molar-refractivity contribution >= 4 is 5.69 Å². The predicted octanol–water partition coefficient (Wildman–Crippen LogP) is 2.54. The average Bonchev–Trinajstić information content (AvgIpc) is 2.78. The van der Waals surface area contributed by atoms with Crippen LogP contribution in [-0.2, 0) is 11.3 Å². The molecule has 5 nitrogen and oxygen atoms in total. The van der Waals surface area contributed by atoms with Gasteiger partial charge >= 0.3 is 0 Å². The van der Waals surface area contributed by atoms with Crippen molar-refractivity contribution in [2.24, 2.45) is 0 Å². The number of hydrogen-bond acceptors (Lipinski definition) is 4. The highest BCUT2D eigenvalue weighted by Gasteiger charge is 2.17. The summed E-state index contributed by atoms with van der Waals surface area (Å²) in [5, 5.41) is 9.25. The Balaban J connectivity index is 2.31. The second-order valence-electron chi connectivity index (χ2n) is 5.00. The monoisotopic (exact) mass is 303 g/mol. The summed E-state index contributed by atoms with van der Waals surface area (Å²) < 4.78 is 25.5. The molecule has 0 fully saturated rings. The maximum absolute atomic E-state index is 13.0. The number of methoxy groups -OCH3 is 1. The molecular weight excluding hydrogens is 285 g/mol. The van der Waals surface area contributed by atoms with Crippen molar-refractivity contribution < 1.29 is 13.9 Å². The van der Waals surface area contributed by atoms with Crippen molar-refractivity contribution in [3.63, 3.8) is 0 Å². The SMILES string of the molecule is COC[C@@H](C)Oc1c(N)cc(C#N)n1Cc1ccc(F)cc1. The Morgan fingerprint density at radius 3 is 2.64 bits per heavy atom. The van der Waals surface area contributed by atoms with E-state index in [4.69, 9.17) is 15.2 Å². The quantitative estimate of drug-likeness (QED) is 0.890. The lowest BCUT2D eigenvalue weighted by molar-refractivity contribution is 0.0869. The molecule has 0 aliphatic carbocycles. The molecule has 1 aromatic heterocycles. The zero-order valence-corrected chi connectivity index (χ0v) is 12.5. The molecule has 0 unspecified atom stereocenters. The van der Waals surface area contributed by atoms with Crippen LogP contribution in [-0.4, -0.2) is 24.4 Å². The zero-order chi connectivity index (χ0) is 16.1. The van der Waals surface area contributed by atoms with Gasteiger partial charge in [0.25, 0.3) is 0 Å². The van der Waals surface area contributed by atoms with E-state index in [1.54, 1.807) is 29.9 Å². The average molecular weight is 303 g/mol. The summed E-state index contributed by atoms with van der Waals surface area (Å²) in [6.07, 6.45) is -0.208.